The molecule has 2 aliphatic rings. The highest BCUT2D eigenvalue weighted by atomic mass is 16.5. The maximum Gasteiger partial charge on any atom is 0.313 e. The Morgan fingerprint density at radius 3 is 2.61 bits per heavy atom. The van der Waals surface area contributed by atoms with Gasteiger partial charge in [0.05, 0.1) is 12.8 Å². The van der Waals surface area contributed by atoms with Gasteiger partial charge in [-0.05, 0) is 38.8 Å². The largest absolute Gasteiger partial charge is 0.494 e. The molecule has 2 N–H and O–H groups in total. The lowest BCUT2D eigenvalue weighted by Crippen LogP contribution is -2.43. The van der Waals surface area contributed by atoms with E-state index in [1.807, 2.05) is 0 Å². The van der Waals surface area contributed by atoms with Gasteiger partial charge in [0.15, 0.2) is 0 Å². The summed E-state index contributed by atoms with van der Waals surface area (Å²) in [5.41, 5.74) is 1.12. The van der Waals surface area contributed by atoms with Crippen molar-refractivity contribution in [1.82, 2.24) is 10.2 Å². The molecule has 0 saturated carbocycles. The van der Waals surface area contributed by atoms with Crippen LogP contribution in [0.4, 0.5) is 11.4 Å². The SMILES string of the molecule is COc1cc(NC(=O)C(=O)NC2CCN(C(C)C)C2)ccc1N1CCCC1=O. The van der Waals surface area contributed by atoms with Gasteiger partial charge in [-0.2, -0.15) is 0 Å². The monoisotopic (exact) mass is 388 g/mol. The first-order chi connectivity index (χ1) is 13.4. The first-order valence-corrected chi connectivity index (χ1v) is 9.73. The normalized spacial score (nSPS) is 19.9. The van der Waals surface area contributed by atoms with Gasteiger partial charge in [0.25, 0.3) is 0 Å². The van der Waals surface area contributed by atoms with Gasteiger partial charge in [0, 0.05) is 49.9 Å². The molecule has 2 heterocycles. The van der Waals surface area contributed by atoms with Gasteiger partial charge in [0.1, 0.15) is 5.75 Å². The fourth-order valence-electron chi connectivity index (χ4n) is 3.69. The van der Waals surface area contributed by atoms with Crippen molar-refractivity contribution in [3.05, 3.63) is 18.2 Å². The first kappa shape index (κ1) is 20.1. The predicted octanol–water partition coefficient (Wildman–Crippen LogP) is 1.36. The van der Waals surface area contributed by atoms with Gasteiger partial charge in [-0.1, -0.05) is 0 Å². The number of carbonyl (C=O) groups excluding carboxylic acids is 3. The molecule has 0 spiro atoms. The van der Waals surface area contributed by atoms with Gasteiger partial charge < -0.3 is 20.3 Å². The molecule has 0 bridgehead atoms. The minimum atomic E-state index is -0.713. The standard InChI is InChI=1S/C20H28N4O4/c1-13(2)23-10-8-15(12-23)22-20(27)19(26)21-14-6-7-16(17(11-14)28-3)24-9-4-5-18(24)25/h6-7,11,13,15H,4-5,8-10,12H2,1-3H3,(H,21,26)(H,22,27). The molecule has 8 nitrogen and oxygen atoms in total. The third-order valence-electron chi connectivity index (χ3n) is 5.29. The van der Waals surface area contributed by atoms with Crippen molar-refractivity contribution < 1.29 is 19.1 Å². The number of ether oxygens (including phenoxy) is 1. The van der Waals surface area contributed by atoms with Crippen molar-refractivity contribution in [2.45, 2.75) is 45.2 Å². The summed E-state index contributed by atoms with van der Waals surface area (Å²) in [4.78, 5) is 40.4. The van der Waals surface area contributed by atoms with Crippen molar-refractivity contribution in [3.8, 4) is 5.75 Å². The van der Waals surface area contributed by atoms with E-state index in [1.54, 1.807) is 23.1 Å². The van der Waals surface area contributed by atoms with Gasteiger partial charge >= 0.3 is 11.8 Å². The molecule has 1 atom stereocenters. The Kier molecular flexibility index (Phi) is 6.18. The summed E-state index contributed by atoms with van der Waals surface area (Å²) in [6.45, 7) is 6.55. The maximum absolute atomic E-state index is 12.3. The van der Waals surface area contributed by atoms with Crippen LogP contribution >= 0.6 is 0 Å². The number of rotatable bonds is 5. The number of nitrogens with one attached hydrogen (secondary N) is 2. The lowest BCUT2D eigenvalue weighted by atomic mass is 10.2. The average molecular weight is 388 g/mol. The van der Waals surface area contributed by atoms with Crippen LogP contribution in [0.1, 0.15) is 33.1 Å². The molecule has 0 aliphatic carbocycles. The quantitative estimate of drug-likeness (QED) is 0.744. The van der Waals surface area contributed by atoms with E-state index in [4.69, 9.17) is 4.74 Å². The van der Waals surface area contributed by atoms with Crippen LogP contribution < -0.4 is 20.3 Å². The zero-order valence-electron chi connectivity index (χ0n) is 16.7. The Bertz CT molecular complexity index is 765. The fourth-order valence-corrected chi connectivity index (χ4v) is 3.69. The topological polar surface area (TPSA) is 91.0 Å². The highest BCUT2D eigenvalue weighted by Gasteiger charge is 2.28. The molecule has 152 valence electrons. The van der Waals surface area contributed by atoms with E-state index in [-0.39, 0.29) is 11.9 Å². The second-order valence-electron chi connectivity index (χ2n) is 7.54. The zero-order chi connectivity index (χ0) is 20.3. The maximum atomic E-state index is 12.3. The molecule has 28 heavy (non-hydrogen) atoms. The first-order valence-electron chi connectivity index (χ1n) is 9.73. The molecule has 1 aromatic carbocycles. The number of hydrogen-bond acceptors (Lipinski definition) is 5. The summed E-state index contributed by atoms with van der Waals surface area (Å²) in [6, 6.07) is 5.43. The zero-order valence-corrected chi connectivity index (χ0v) is 16.7. The Morgan fingerprint density at radius 1 is 1.21 bits per heavy atom. The summed E-state index contributed by atoms with van der Waals surface area (Å²) in [7, 11) is 1.51. The van der Waals surface area contributed by atoms with Crippen LogP contribution in [-0.2, 0) is 14.4 Å². The Balaban J connectivity index is 1.60. The van der Waals surface area contributed by atoms with Gasteiger partial charge in [-0.25, -0.2) is 0 Å². The second kappa shape index (κ2) is 8.60. The van der Waals surface area contributed by atoms with Crippen LogP contribution in [0.5, 0.6) is 5.75 Å². The molecule has 8 heteroatoms. The molecular weight excluding hydrogens is 360 g/mol. The lowest BCUT2D eigenvalue weighted by molar-refractivity contribution is -0.136. The van der Waals surface area contributed by atoms with Crippen LogP contribution in [0.3, 0.4) is 0 Å². The van der Waals surface area contributed by atoms with Gasteiger partial charge in [-0.15, -0.1) is 0 Å². The highest BCUT2D eigenvalue weighted by molar-refractivity contribution is 6.39. The second-order valence-corrected chi connectivity index (χ2v) is 7.54. The van der Waals surface area contributed by atoms with Gasteiger partial charge in [0.2, 0.25) is 5.91 Å². The molecule has 1 unspecified atom stereocenters. The predicted molar refractivity (Wildman–Crippen MR) is 106 cm³/mol. The molecule has 1 aromatic rings. The number of nitrogens with zero attached hydrogens (tertiary/aromatic N) is 2. The van der Waals surface area contributed by atoms with E-state index in [9.17, 15) is 14.4 Å². The summed E-state index contributed by atoms with van der Waals surface area (Å²) < 4.78 is 5.38. The number of carbonyl (C=O) groups is 3. The summed E-state index contributed by atoms with van der Waals surface area (Å²) in [6.07, 6.45) is 2.18. The number of hydrogen-bond donors (Lipinski definition) is 2. The summed E-state index contributed by atoms with van der Waals surface area (Å²) in [5.74, 6) is -0.818. The smallest absolute Gasteiger partial charge is 0.313 e. The molecule has 0 radical (unpaired) electrons. The Hall–Kier alpha value is -2.61. The third kappa shape index (κ3) is 4.44. The number of benzene rings is 1. The van der Waals surface area contributed by atoms with E-state index < -0.39 is 11.8 Å². The van der Waals surface area contributed by atoms with Crippen LogP contribution in [0, 0.1) is 0 Å². The summed E-state index contributed by atoms with van der Waals surface area (Å²) in [5, 5.41) is 5.40. The molecule has 3 rings (SSSR count). The molecule has 3 amide bonds. The minimum absolute atomic E-state index is 0.0151. The van der Waals surface area contributed by atoms with Crippen LogP contribution in [-0.4, -0.2) is 61.4 Å². The average Bonchev–Trinajstić information content (AvgIpc) is 3.30. The van der Waals surface area contributed by atoms with Crippen molar-refractivity contribution in [2.24, 2.45) is 0 Å². The van der Waals surface area contributed by atoms with Crippen molar-refractivity contribution in [3.63, 3.8) is 0 Å². The number of likely N-dealkylation sites (tertiary alicyclic amines) is 1. The van der Waals surface area contributed by atoms with Crippen molar-refractivity contribution in [1.29, 1.82) is 0 Å². The molecule has 2 fully saturated rings. The van der Waals surface area contributed by atoms with E-state index in [0.717, 1.165) is 25.9 Å². The Morgan fingerprint density at radius 2 is 2.00 bits per heavy atom. The van der Waals surface area contributed by atoms with Gasteiger partial charge in [-0.3, -0.25) is 19.3 Å². The highest BCUT2D eigenvalue weighted by Crippen LogP contribution is 2.33. The third-order valence-corrected chi connectivity index (χ3v) is 5.29. The summed E-state index contributed by atoms with van der Waals surface area (Å²) >= 11 is 0. The fraction of sp³-hybridized carbons (Fsp3) is 0.550. The number of amides is 3. The van der Waals surface area contributed by atoms with Crippen LogP contribution in [0.25, 0.3) is 0 Å². The van der Waals surface area contributed by atoms with E-state index in [0.29, 0.717) is 36.1 Å². The molecule has 2 aliphatic heterocycles. The molecular formula is C20H28N4O4. The van der Waals surface area contributed by atoms with E-state index in [1.165, 1.54) is 7.11 Å². The van der Waals surface area contributed by atoms with E-state index in [2.05, 4.69) is 29.4 Å². The van der Waals surface area contributed by atoms with Crippen molar-refractivity contribution >= 4 is 29.1 Å². The van der Waals surface area contributed by atoms with Crippen molar-refractivity contribution in [2.75, 3.05) is 37.0 Å². The number of methoxy groups -OCH3 is 1. The van der Waals surface area contributed by atoms with Crippen LogP contribution in [0.2, 0.25) is 0 Å². The van der Waals surface area contributed by atoms with Crippen LogP contribution in [0.15, 0.2) is 18.2 Å². The molecule has 2 saturated heterocycles. The lowest BCUT2D eigenvalue weighted by Gasteiger charge is -2.20. The molecule has 0 aromatic heterocycles. The number of anilines is 2. The van der Waals surface area contributed by atoms with E-state index >= 15 is 0 Å². The minimum Gasteiger partial charge on any atom is -0.494 e. The Labute approximate surface area is 165 Å².